The van der Waals surface area contributed by atoms with Crippen LogP contribution in [-0.2, 0) is 18.9 Å². The van der Waals surface area contributed by atoms with Gasteiger partial charge in [0.15, 0.2) is 0 Å². The average Bonchev–Trinajstić information content (AvgIpc) is 3.05. The van der Waals surface area contributed by atoms with Crippen molar-refractivity contribution in [1.82, 2.24) is 0 Å². The number of esters is 1. The minimum atomic E-state index is -0.0648. The molecule has 0 atom stereocenters. The van der Waals surface area contributed by atoms with Gasteiger partial charge in [0.1, 0.15) is 6.61 Å². The molecule has 0 N–H and O–H groups in total. The molecule has 0 spiro atoms. The van der Waals surface area contributed by atoms with Crippen LogP contribution >= 0.6 is 0 Å². The summed E-state index contributed by atoms with van der Waals surface area (Å²) < 4.78 is 16.3. The van der Waals surface area contributed by atoms with Crippen molar-refractivity contribution in [2.75, 3.05) is 19.8 Å². The maximum absolute atomic E-state index is 9.68. The Hall–Kier alpha value is -1.60. The van der Waals surface area contributed by atoms with E-state index in [1.54, 1.807) is 6.07 Å². The fourth-order valence-electron chi connectivity index (χ4n) is 0.185. The molecule has 0 aliphatic carbocycles. The van der Waals surface area contributed by atoms with E-state index in [4.69, 9.17) is 9.91 Å². The van der Waals surface area contributed by atoms with Crippen LogP contribution in [0.25, 0.3) is 0 Å². The minimum absolute atomic E-state index is 0.0648. The number of hydrogen-bond acceptors (Lipinski definition) is 4. The number of epoxide rings is 1. The van der Waals surface area contributed by atoms with Crippen LogP contribution in [-0.4, -0.2) is 25.8 Å². The van der Waals surface area contributed by atoms with Gasteiger partial charge >= 0.3 is 17.3 Å². The number of carbonyl (C=O) groups is 1. The third kappa shape index (κ3) is 22.4. The van der Waals surface area contributed by atoms with Crippen LogP contribution in [0, 0.1) is 18.0 Å². The number of allylic oxidation sites excluding steroid dienone is 1. The van der Waals surface area contributed by atoms with Crippen molar-refractivity contribution >= 4 is 5.97 Å². The molecule has 2 heterocycles. The second-order valence-corrected chi connectivity index (χ2v) is 1.92. The van der Waals surface area contributed by atoms with Crippen LogP contribution < -0.4 is 0 Å². The van der Waals surface area contributed by atoms with E-state index < -0.39 is 0 Å². The standard InChI is InChI=1S/C3H3N.C3H4O2.C2H4O.CO/c1-2-3-4;4-3-1-2-5-3;1-2-3-1;1-2/h2H,1H2;1-2H2;1-2H2;. The van der Waals surface area contributed by atoms with Gasteiger partial charge in [-0.15, -0.1) is 0 Å². The number of cyclic esters (lactones) is 1. The van der Waals surface area contributed by atoms with Crippen molar-refractivity contribution in [3.05, 3.63) is 19.3 Å². The Morgan fingerprint density at radius 3 is 1.79 bits per heavy atom. The summed E-state index contributed by atoms with van der Waals surface area (Å²) in [5.41, 5.74) is 0. The molecule has 2 rings (SSSR count). The molecular formula is C9H11NO4. The fourth-order valence-corrected chi connectivity index (χ4v) is 0.185. The summed E-state index contributed by atoms with van der Waals surface area (Å²) in [7, 11) is 0. The molecule has 0 radical (unpaired) electrons. The summed E-state index contributed by atoms with van der Waals surface area (Å²) in [6, 6.07) is 1.69. The summed E-state index contributed by atoms with van der Waals surface area (Å²) in [6.45, 7) is 10.3. The quantitative estimate of drug-likeness (QED) is 0.187. The predicted molar refractivity (Wildman–Crippen MR) is 46.1 cm³/mol. The molecule has 14 heavy (non-hydrogen) atoms. The molecule has 2 fully saturated rings. The molecule has 0 amide bonds. The SMILES string of the molecule is C1CO1.C=CC#N.O=C1CCO1.[C-]#[O+]. The summed E-state index contributed by atoms with van der Waals surface area (Å²) >= 11 is 0. The van der Waals surface area contributed by atoms with Gasteiger partial charge in [0.05, 0.1) is 25.7 Å². The van der Waals surface area contributed by atoms with Crippen molar-refractivity contribution in [1.29, 1.82) is 5.26 Å². The van der Waals surface area contributed by atoms with Crippen LogP contribution in [0.3, 0.4) is 0 Å². The molecule has 2 aliphatic heterocycles. The number of ether oxygens (including phenoxy) is 2. The second-order valence-electron chi connectivity index (χ2n) is 1.92. The zero-order chi connectivity index (χ0) is 11.2. The predicted octanol–water partition coefficient (Wildman–Crippen LogP) is 0.608. The Balaban J connectivity index is 0. The molecule has 0 saturated carbocycles. The van der Waals surface area contributed by atoms with Gasteiger partial charge in [-0.2, -0.15) is 5.26 Å². The first-order valence-electron chi connectivity index (χ1n) is 3.75. The van der Waals surface area contributed by atoms with Crippen molar-refractivity contribution in [2.24, 2.45) is 0 Å². The van der Waals surface area contributed by atoms with E-state index in [1.807, 2.05) is 0 Å². The van der Waals surface area contributed by atoms with E-state index in [9.17, 15) is 4.79 Å². The maximum atomic E-state index is 9.68. The molecule has 2 saturated heterocycles. The van der Waals surface area contributed by atoms with E-state index in [0.717, 1.165) is 13.2 Å². The Bertz CT molecular complexity index is 206. The second kappa shape index (κ2) is 14.0. The summed E-state index contributed by atoms with van der Waals surface area (Å²) in [5, 5.41) is 7.51. The first-order valence-corrected chi connectivity index (χ1v) is 3.75. The number of hydrogen-bond donors (Lipinski definition) is 0. The fraction of sp³-hybridized carbons (Fsp3) is 0.444. The van der Waals surface area contributed by atoms with Gasteiger partial charge in [-0.3, -0.25) is 4.79 Å². The first kappa shape index (κ1) is 14.9. The van der Waals surface area contributed by atoms with Gasteiger partial charge in [0.25, 0.3) is 0 Å². The molecule has 0 aromatic carbocycles. The van der Waals surface area contributed by atoms with Gasteiger partial charge in [0, 0.05) is 6.08 Å². The topological polar surface area (TPSA) is 82.5 Å². The van der Waals surface area contributed by atoms with Crippen molar-refractivity contribution < 1.29 is 18.9 Å². The van der Waals surface area contributed by atoms with E-state index in [2.05, 4.69) is 22.7 Å². The van der Waals surface area contributed by atoms with Crippen LogP contribution in [0.15, 0.2) is 12.7 Å². The number of rotatable bonds is 0. The Morgan fingerprint density at radius 2 is 1.79 bits per heavy atom. The Labute approximate surface area is 82.6 Å². The van der Waals surface area contributed by atoms with Gasteiger partial charge in [-0.25, -0.2) is 0 Å². The molecule has 0 aromatic rings. The summed E-state index contributed by atoms with van der Waals surface area (Å²) in [6.07, 6.45) is 1.81. The van der Waals surface area contributed by atoms with Crippen LogP contribution in [0.1, 0.15) is 6.42 Å². The van der Waals surface area contributed by atoms with Crippen LogP contribution in [0.5, 0.6) is 0 Å². The molecule has 0 bridgehead atoms. The van der Waals surface area contributed by atoms with E-state index >= 15 is 0 Å². The summed E-state index contributed by atoms with van der Waals surface area (Å²) in [5.74, 6) is -0.0648. The van der Waals surface area contributed by atoms with Crippen LogP contribution in [0.4, 0.5) is 0 Å². The third-order valence-corrected chi connectivity index (χ3v) is 0.865. The van der Waals surface area contributed by atoms with Gasteiger partial charge in [-0.1, -0.05) is 6.58 Å². The summed E-state index contributed by atoms with van der Waals surface area (Å²) in [4.78, 5) is 9.68. The van der Waals surface area contributed by atoms with E-state index in [1.165, 1.54) is 6.08 Å². The third-order valence-electron chi connectivity index (χ3n) is 0.865. The van der Waals surface area contributed by atoms with E-state index in [-0.39, 0.29) is 5.97 Å². The van der Waals surface area contributed by atoms with Crippen molar-refractivity contribution in [3.63, 3.8) is 0 Å². The zero-order valence-corrected chi connectivity index (χ0v) is 7.69. The molecule has 2 aliphatic rings. The molecule has 0 unspecified atom stereocenters. The number of carbonyl (C=O) groups excluding carboxylic acids is 1. The Morgan fingerprint density at radius 1 is 1.50 bits per heavy atom. The molecule has 5 nitrogen and oxygen atoms in total. The van der Waals surface area contributed by atoms with E-state index in [0.29, 0.717) is 13.0 Å². The van der Waals surface area contributed by atoms with Crippen molar-refractivity contribution in [2.45, 2.75) is 6.42 Å². The number of nitriles is 1. The molecule has 5 heteroatoms. The first-order chi connectivity index (χ1) is 6.81. The van der Waals surface area contributed by atoms with Gasteiger partial charge in [-0.05, 0) is 0 Å². The number of nitrogens with zero attached hydrogens (tertiary/aromatic N) is 1. The molecular weight excluding hydrogens is 186 g/mol. The normalized spacial score (nSPS) is 13.6. The molecule has 76 valence electrons. The Kier molecular flexibility index (Phi) is 14.9. The van der Waals surface area contributed by atoms with Crippen LogP contribution in [0.2, 0.25) is 0 Å². The monoisotopic (exact) mass is 197 g/mol. The van der Waals surface area contributed by atoms with Crippen molar-refractivity contribution in [3.8, 4) is 6.07 Å². The molecule has 0 aromatic heterocycles. The average molecular weight is 197 g/mol. The van der Waals surface area contributed by atoms with Gasteiger partial charge < -0.3 is 9.47 Å². The van der Waals surface area contributed by atoms with Gasteiger partial charge in [0.2, 0.25) is 0 Å². The zero-order valence-electron chi connectivity index (χ0n) is 7.69.